The van der Waals surface area contributed by atoms with E-state index in [-0.39, 0.29) is 11.8 Å². The van der Waals surface area contributed by atoms with Crippen molar-refractivity contribution in [3.8, 4) is 0 Å². The zero-order valence-electron chi connectivity index (χ0n) is 12.1. The van der Waals surface area contributed by atoms with Crippen LogP contribution in [0.2, 0.25) is 0 Å². The zero-order chi connectivity index (χ0) is 15.0. The van der Waals surface area contributed by atoms with Crippen LogP contribution in [-0.4, -0.2) is 11.7 Å². The summed E-state index contributed by atoms with van der Waals surface area (Å²) in [4.78, 5) is 13.7. The third-order valence-electron chi connectivity index (χ3n) is 3.94. The number of amides is 1. The van der Waals surface area contributed by atoms with Gasteiger partial charge in [-0.25, -0.2) is 0 Å². The number of fused-ring (bicyclic) bond motifs is 1. The molecule has 3 N–H and O–H groups in total. The van der Waals surface area contributed by atoms with Gasteiger partial charge >= 0.3 is 0 Å². The minimum absolute atomic E-state index is 0.0161. The first-order chi connectivity index (χ1) is 10.1. The average molecular weight is 298 g/mol. The Kier molecular flexibility index (Phi) is 3.64. The highest BCUT2D eigenvalue weighted by molar-refractivity contribution is 7.99. The molecule has 1 aliphatic heterocycles. The fourth-order valence-electron chi connectivity index (χ4n) is 2.55. The molecule has 4 heteroatoms. The summed E-state index contributed by atoms with van der Waals surface area (Å²) in [5.41, 5.74) is 10.7. The van der Waals surface area contributed by atoms with Gasteiger partial charge in [0.2, 0.25) is 5.91 Å². The first kappa shape index (κ1) is 14.0. The fraction of sp³-hybridized carbons (Fsp3) is 0.235. The second-order valence-corrected chi connectivity index (χ2v) is 6.48. The van der Waals surface area contributed by atoms with Gasteiger partial charge in [0, 0.05) is 10.6 Å². The number of rotatable bonds is 2. The Hall–Kier alpha value is -1.94. The second kappa shape index (κ2) is 5.45. The van der Waals surface area contributed by atoms with Crippen molar-refractivity contribution in [2.75, 3.05) is 16.8 Å². The summed E-state index contributed by atoms with van der Waals surface area (Å²) in [6.45, 7) is 4.03. The van der Waals surface area contributed by atoms with E-state index in [1.54, 1.807) is 11.8 Å². The number of nitrogens with two attached hydrogens (primary N) is 1. The summed E-state index contributed by atoms with van der Waals surface area (Å²) < 4.78 is 0. The van der Waals surface area contributed by atoms with E-state index in [4.69, 9.17) is 5.73 Å². The van der Waals surface area contributed by atoms with Gasteiger partial charge in [0.1, 0.15) is 0 Å². The number of carbonyl (C=O) groups excluding carboxylic acids is 1. The number of hydrogen-bond acceptors (Lipinski definition) is 3. The molecule has 0 bridgehead atoms. The van der Waals surface area contributed by atoms with E-state index in [9.17, 15) is 4.79 Å². The molecular formula is C17H18N2OS. The number of aryl methyl sites for hydroxylation is 2. The molecule has 0 saturated carbocycles. The SMILES string of the molecule is Cc1cc(N)c(NC(=O)C2CSc3ccccc32)cc1C. The number of carbonyl (C=O) groups is 1. The highest BCUT2D eigenvalue weighted by Gasteiger charge is 2.29. The summed E-state index contributed by atoms with van der Waals surface area (Å²) in [6, 6.07) is 11.9. The van der Waals surface area contributed by atoms with Crippen LogP contribution in [0.1, 0.15) is 22.6 Å². The van der Waals surface area contributed by atoms with Gasteiger partial charge in [0.05, 0.1) is 17.3 Å². The standard InChI is InChI=1S/C17H18N2OS/c1-10-7-14(18)15(8-11(10)2)19-17(20)13-9-21-16-6-4-3-5-12(13)16/h3-8,13H,9,18H2,1-2H3,(H,19,20). The number of nitrogen functional groups attached to an aromatic ring is 1. The monoisotopic (exact) mass is 298 g/mol. The molecule has 2 aromatic carbocycles. The Morgan fingerprint density at radius 1 is 1.24 bits per heavy atom. The summed E-state index contributed by atoms with van der Waals surface area (Å²) in [7, 11) is 0. The molecule has 0 aliphatic carbocycles. The lowest BCUT2D eigenvalue weighted by Crippen LogP contribution is -2.21. The maximum absolute atomic E-state index is 12.5. The van der Waals surface area contributed by atoms with E-state index in [2.05, 4.69) is 11.4 Å². The number of nitrogens with one attached hydrogen (secondary N) is 1. The van der Waals surface area contributed by atoms with Crippen molar-refractivity contribution in [2.24, 2.45) is 0 Å². The molecule has 0 aromatic heterocycles. The second-order valence-electron chi connectivity index (χ2n) is 5.41. The Morgan fingerprint density at radius 2 is 1.95 bits per heavy atom. The summed E-state index contributed by atoms with van der Waals surface area (Å²) in [5, 5.41) is 2.98. The van der Waals surface area contributed by atoms with Gasteiger partial charge in [-0.15, -0.1) is 11.8 Å². The van der Waals surface area contributed by atoms with E-state index in [1.807, 2.05) is 44.2 Å². The zero-order valence-corrected chi connectivity index (χ0v) is 13.0. The lowest BCUT2D eigenvalue weighted by atomic mass is 10.00. The maximum Gasteiger partial charge on any atom is 0.232 e. The summed E-state index contributed by atoms with van der Waals surface area (Å²) >= 11 is 1.73. The molecule has 0 radical (unpaired) electrons. The molecule has 1 unspecified atom stereocenters. The average Bonchev–Trinajstić information content (AvgIpc) is 2.88. The van der Waals surface area contributed by atoms with E-state index in [0.717, 1.165) is 22.4 Å². The quantitative estimate of drug-likeness (QED) is 0.831. The third-order valence-corrected chi connectivity index (χ3v) is 5.12. The normalized spacial score (nSPS) is 16.6. The topological polar surface area (TPSA) is 55.1 Å². The molecule has 21 heavy (non-hydrogen) atoms. The highest BCUT2D eigenvalue weighted by Crippen LogP contribution is 2.40. The molecule has 2 aromatic rings. The number of hydrogen-bond donors (Lipinski definition) is 2. The maximum atomic E-state index is 12.5. The lowest BCUT2D eigenvalue weighted by Gasteiger charge is -2.14. The van der Waals surface area contributed by atoms with Crippen molar-refractivity contribution >= 4 is 29.0 Å². The van der Waals surface area contributed by atoms with Gasteiger partial charge in [-0.3, -0.25) is 4.79 Å². The minimum atomic E-state index is -0.104. The highest BCUT2D eigenvalue weighted by atomic mass is 32.2. The molecule has 3 nitrogen and oxygen atoms in total. The van der Waals surface area contributed by atoms with E-state index < -0.39 is 0 Å². The third kappa shape index (κ3) is 2.63. The van der Waals surface area contributed by atoms with E-state index >= 15 is 0 Å². The molecular weight excluding hydrogens is 280 g/mol. The fourth-order valence-corrected chi connectivity index (χ4v) is 3.78. The van der Waals surface area contributed by atoms with Crippen LogP contribution in [0.4, 0.5) is 11.4 Å². The largest absolute Gasteiger partial charge is 0.397 e. The molecule has 1 atom stereocenters. The van der Waals surface area contributed by atoms with Crippen molar-refractivity contribution in [1.29, 1.82) is 0 Å². The van der Waals surface area contributed by atoms with Crippen molar-refractivity contribution in [3.05, 3.63) is 53.1 Å². The van der Waals surface area contributed by atoms with Crippen LogP contribution in [0.5, 0.6) is 0 Å². The van der Waals surface area contributed by atoms with Crippen LogP contribution in [-0.2, 0) is 4.79 Å². The lowest BCUT2D eigenvalue weighted by molar-refractivity contribution is -0.117. The molecule has 0 saturated heterocycles. The van der Waals surface area contributed by atoms with Crippen LogP contribution >= 0.6 is 11.8 Å². The van der Waals surface area contributed by atoms with Crippen LogP contribution in [0.15, 0.2) is 41.3 Å². The number of benzene rings is 2. The van der Waals surface area contributed by atoms with Crippen LogP contribution in [0.25, 0.3) is 0 Å². The summed E-state index contributed by atoms with van der Waals surface area (Å²) in [5.74, 6) is 0.699. The first-order valence-corrected chi connectivity index (χ1v) is 7.94. The number of anilines is 2. The molecule has 0 spiro atoms. The molecule has 3 rings (SSSR count). The number of thioether (sulfide) groups is 1. The van der Waals surface area contributed by atoms with E-state index in [0.29, 0.717) is 11.4 Å². The van der Waals surface area contributed by atoms with E-state index in [1.165, 1.54) is 4.90 Å². The smallest absolute Gasteiger partial charge is 0.232 e. The molecule has 1 heterocycles. The first-order valence-electron chi connectivity index (χ1n) is 6.95. The minimum Gasteiger partial charge on any atom is -0.397 e. The Morgan fingerprint density at radius 3 is 2.76 bits per heavy atom. The van der Waals surface area contributed by atoms with Crippen molar-refractivity contribution in [3.63, 3.8) is 0 Å². The van der Waals surface area contributed by atoms with Gasteiger partial charge in [-0.2, -0.15) is 0 Å². The Bertz CT molecular complexity index is 712. The Balaban J connectivity index is 1.84. The molecule has 108 valence electrons. The van der Waals surface area contributed by atoms with Gasteiger partial charge in [0.25, 0.3) is 0 Å². The summed E-state index contributed by atoms with van der Waals surface area (Å²) in [6.07, 6.45) is 0. The predicted octanol–water partition coefficient (Wildman–Crippen LogP) is 3.71. The van der Waals surface area contributed by atoms with Crippen LogP contribution < -0.4 is 11.1 Å². The van der Waals surface area contributed by atoms with Gasteiger partial charge in [-0.05, 0) is 48.7 Å². The van der Waals surface area contributed by atoms with Crippen molar-refractivity contribution in [1.82, 2.24) is 0 Å². The molecule has 0 fully saturated rings. The molecule has 1 amide bonds. The van der Waals surface area contributed by atoms with Crippen molar-refractivity contribution in [2.45, 2.75) is 24.7 Å². The predicted molar refractivity (Wildman–Crippen MR) is 88.9 cm³/mol. The van der Waals surface area contributed by atoms with Gasteiger partial charge < -0.3 is 11.1 Å². The molecule has 1 aliphatic rings. The van der Waals surface area contributed by atoms with Gasteiger partial charge in [-0.1, -0.05) is 18.2 Å². The van der Waals surface area contributed by atoms with Gasteiger partial charge in [0.15, 0.2) is 0 Å². The van der Waals surface area contributed by atoms with Crippen molar-refractivity contribution < 1.29 is 4.79 Å². The van der Waals surface area contributed by atoms with Crippen LogP contribution in [0, 0.1) is 13.8 Å². The Labute approximate surface area is 128 Å². The van der Waals surface area contributed by atoms with Crippen LogP contribution in [0.3, 0.4) is 0 Å².